The lowest BCUT2D eigenvalue weighted by Gasteiger charge is -2.10. The first-order valence-electron chi connectivity index (χ1n) is 10.7. The van der Waals surface area contributed by atoms with Crippen LogP contribution in [0.1, 0.15) is 15.2 Å². The van der Waals surface area contributed by atoms with Gasteiger partial charge in [0.1, 0.15) is 9.71 Å². The number of rotatable bonds is 4. The molecule has 0 aliphatic carbocycles. The van der Waals surface area contributed by atoms with Crippen molar-refractivity contribution in [3.8, 4) is 22.4 Å². The quantitative estimate of drug-likeness (QED) is 0.230. The number of halogens is 4. The summed E-state index contributed by atoms with van der Waals surface area (Å²) in [4.78, 5) is 18.6. The van der Waals surface area contributed by atoms with E-state index in [0.29, 0.717) is 15.9 Å². The molecular weight excluding hydrogens is 551 g/mol. The molecule has 36 heavy (non-hydrogen) atoms. The zero-order valence-electron chi connectivity index (χ0n) is 18.4. The van der Waals surface area contributed by atoms with Crippen molar-refractivity contribution in [1.82, 2.24) is 4.98 Å². The third kappa shape index (κ3) is 4.72. The summed E-state index contributed by atoms with van der Waals surface area (Å²) < 4.78 is 40.2. The van der Waals surface area contributed by atoms with Gasteiger partial charge in [0.15, 0.2) is 0 Å². The van der Waals surface area contributed by atoms with Crippen LogP contribution in [0.15, 0.2) is 89.4 Å². The molecular formula is C27H17BrF3N3OS. The van der Waals surface area contributed by atoms with Crippen LogP contribution in [-0.4, -0.2) is 10.9 Å². The van der Waals surface area contributed by atoms with E-state index in [-0.39, 0.29) is 16.3 Å². The Hall–Kier alpha value is -3.69. The molecule has 3 aromatic carbocycles. The predicted molar refractivity (Wildman–Crippen MR) is 142 cm³/mol. The molecule has 0 atom stereocenters. The van der Waals surface area contributed by atoms with E-state index < -0.39 is 17.6 Å². The van der Waals surface area contributed by atoms with Crippen LogP contribution in [0.25, 0.3) is 32.6 Å². The van der Waals surface area contributed by atoms with E-state index in [9.17, 15) is 18.0 Å². The van der Waals surface area contributed by atoms with Gasteiger partial charge in [-0.1, -0.05) is 64.5 Å². The van der Waals surface area contributed by atoms with Crippen LogP contribution in [-0.2, 0) is 6.18 Å². The zero-order valence-corrected chi connectivity index (χ0v) is 20.8. The van der Waals surface area contributed by atoms with E-state index in [1.165, 1.54) is 12.1 Å². The number of fused-ring (bicyclic) bond motifs is 1. The van der Waals surface area contributed by atoms with Gasteiger partial charge in [0.2, 0.25) is 0 Å². The number of nitrogen functional groups attached to an aromatic ring is 1. The van der Waals surface area contributed by atoms with Gasteiger partial charge < -0.3 is 11.1 Å². The molecule has 0 aliphatic heterocycles. The van der Waals surface area contributed by atoms with Gasteiger partial charge in [-0.3, -0.25) is 4.79 Å². The Morgan fingerprint density at radius 3 is 2.33 bits per heavy atom. The molecule has 0 fully saturated rings. The van der Waals surface area contributed by atoms with Crippen molar-refractivity contribution in [1.29, 1.82) is 0 Å². The topological polar surface area (TPSA) is 68.0 Å². The van der Waals surface area contributed by atoms with E-state index >= 15 is 0 Å². The number of carbonyl (C=O) groups excluding carboxylic acids is 1. The Morgan fingerprint density at radius 1 is 0.917 bits per heavy atom. The van der Waals surface area contributed by atoms with Gasteiger partial charge >= 0.3 is 6.18 Å². The van der Waals surface area contributed by atoms with E-state index in [4.69, 9.17) is 10.7 Å². The number of carbonyl (C=O) groups is 1. The molecule has 0 radical (unpaired) electrons. The minimum atomic E-state index is -4.52. The SMILES string of the molecule is Nc1c(C(=O)Nc2cccc(C(F)(F)F)c2)sc2nc(-c3ccc(Br)cc3)cc(-c3ccccc3)c12. The number of pyridine rings is 1. The standard InChI is InChI=1S/C27H17BrF3N3OS/c28-18-11-9-16(10-12-18)21-14-20(15-5-2-1-3-6-15)22-23(32)24(36-26(22)34-21)25(35)33-19-8-4-7-17(13-19)27(29,30)31/h1-14H,32H2,(H,33,35). The Morgan fingerprint density at radius 2 is 1.64 bits per heavy atom. The smallest absolute Gasteiger partial charge is 0.397 e. The van der Waals surface area contributed by atoms with Gasteiger partial charge in [-0.2, -0.15) is 13.2 Å². The van der Waals surface area contributed by atoms with Crippen LogP contribution >= 0.6 is 27.3 Å². The highest BCUT2D eigenvalue weighted by molar-refractivity contribution is 9.10. The molecule has 1 amide bonds. The summed E-state index contributed by atoms with van der Waals surface area (Å²) in [5.74, 6) is -0.598. The molecule has 5 rings (SSSR count). The molecule has 5 aromatic rings. The van der Waals surface area contributed by atoms with Gasteiger partial charge in [0, 0.05) is 21.1 Å². The predicted octanol–water partition coefficient (Wildman–Crippen LogP) is 8.25. The lowest BCUT2D eigenvalue weighted by Crippen LogP contribution is -2.13. The molecule has 0 bridgehead atoms. The fourth-order valence-electron chi connectivity index (χ4n) is 3.86. The van der Waals surface area contributed by atoms with Gasteiger partial charge in [-0.05, 0) is 47.5 Å². The second kappa shape index (κ2) is 9.40. The summed E-state index contributed by atoms with van der Waals surface area (Å²) in [5.41, 5.74) is 9.18. The first kappa shape index (κ1) is 24.0. The van der Waals surface area contributed by atoms with Crippen molar-refractivity contribution in [2.75, 3.05) is 11.1 Å². The fraction of sp³-hybridized carbons (Fsp3) is 0.0370. The highest BCUT2D eigenvalue weighted by atomic mass is 79.9. The first-order chi connectivity index (χ1) is 17.2. The van der Waals surface area contributed by atoms with Crippen molar-refractivity contribution < 1.29 is 18.0 Å². The average Bonchev–Trinajstić information content (AvgIpc) is 3.20. The van der Waals surface area contributed by atoms with E-state index in [2.05, 4.69) is 21.2 Å². The number of nitrogens with two attached hydrogens (primary N) is 1. The number of amides is 1. The summed E-state index contributed by atoms with van der Waals surface area (Å²) in [7, 11) is 0. The summed E-state index contributed by atoms with van der Waals surface area (Å²) in [5, 5.41) is 3.17. The average molecular weight is 568 g/mol. The first-order valence-corrected chi connectivity index (χ1v) is 12.3. The maximum atomic E-state index is 13.1. The number of aromatic nitrogens is 1. The number of hydrogen-bond acceptors (Lipinski definition) is 4. The van der Waals surface area contributed by atoms with Crippen LogP contribution in [0.2, 0.25) is 0 Å². The molecule has 2 heterocycles. The van der Waals surface area contributed by atoms with Crippen LogP contribution in [0.4, 0.5) is 24.5 Å². The van der Waals surface area contributed by atoms with E-state index in [0.717, 1.165) is 44.6 Å². The number of thiophene rings is 1. The van der Waals surface area contributed by atoms with Gasteiger partial charge in [0.05, 0.1) is 16.9 Å². The normalized spacial score (nSPS) is 11.6. The number of benzene rings is 3. The summed E-state index contributed by atoms with van der Waals surface area (Å²) in [6.07, 6.45) is -4.52. The number of hydrogen-bond donors (Lipinski definition) is 2. The Bertz CT molecular complexity index is 1580. The minimum absolute atomic E-state index is 0.0264. The number of alkyl halides is 3. The van der Waals surface area contributed by atoms with Gasteiger partial charge in [-0.25, -0.2) is 4.98 Å². The largest absolute Gasteiger partial charge is 0.416 e. The third-order valence-electron chi connectivity index (χ3n) is 5.58. The molecule has 0 saturated heterocycles. The maximum Gasteiger partial charge on any atom is 0.416 e. The van der Waals surface area contributed by atoms with Crippen LogP contribution < -0.4 is 11.1 Å². The van der Waals surface area contributed by atoms with Crippen molar-refractivity contribution in [2.24, 2.45) is 0 Å². The van der Waals surface area contributed by atoms with Crippen molar-refractivity contribution in [3.63, 3.8) is 0 Å². The summed E-state index contributed by atoms with van der Waals surface area (Å²) in [6, 6.07) is 23.7. The molecule has 0 spiro atoms. The van der Waals surface area contributed by atoms with Crippen LogP contribution in [0.5, 0.6) is 0 Å². The Balaban J connectivity index is 1.62. The third-order valence-corrected chi connectivity index (χ3v) is 7.20. The molecule has 9 heteroatoms. The monoisotopic (exact) mass is 567 g/mol. The molecule has 0 aliphatic rings. The van der Waals surface area contributed by atoms with E-state index in [1.54, 1.807) is 0 Å². The van der Waals surface area contributed by atoms with Crippen LogP contribution in [0, 0.1) is 0 Å². The van der Waals surface area contributed by atoms with E-state index in [1.807, 2.05) is 60.7 Å². The lowest BCUT2D eigenvalue weighted by molar-refractivity contribution is -0.137. The maximum absolute atomic E-state index is 13.1. The zero-order chi connectivity index (χ0) is 25.4. The van der Waals surface area contributed by atoms with Gasteiger partial charge in [0.25, 0.3) is 5.91 Å². The molecule has 0 saturated carbocycles. The number of anilines is 2. The number of nitrogens with one attached hydrogen (secondary N) is 1. The second-order valence-corrected chi connectivity index (χ2v) is 9.90. The Kier molecular flexibility index (Phi) is 6.27. The van der Waals surface area contributed by atoms with Crippen molar-refractivity contribution in [3.05, 3.63) is 99.8 Å². The highest BCUT2D eigenvalue weighted by Gasteiger charge is 2.30. The fourth-order valence-corrected chi connectivity index (χ4v) is 5.14. The van der Waals surface area contributed by atoms with Crippen molar-refractivity contribution >= 4 is 54.8 Å². The van der Waals surface area contributed by atoms with Crippen LogP contribution in [0.3, 0.4) is 0 Å². The summed E-state index contributed by atoms with van der Waals surface area (Å²) in [6.45, 7) is 0. The molecule has 4 nitrogen and oxygen atoms in total. The molecule has 0 unspecified atom stereocenters. The summed E-state index contributed by atoms with van der Waals surface area (Å²) >= 11 is 4.54. The Labute approximate surface area is 216 Å². The minimum Gasteiger partial charge on any atom is -0.397 e. The highest BCUT2D eigenvalue weighted by Crippen LogP contribution is 2.41. The second-order valence-electron chi connectivity index (χ2n) is 7.99. The number of nitrogens with zero attached hydrogens (tertiary/aromatic N) is 1. The van der Waals surface area contributed by atoms with Crippen molar-refractivity contribution in [2.45, 2.75) is 6.18 Å². The lowest BCUT2D eigenvalue weighted by atomic mass is 9.99. The molecule has 3 N–H and O–H groups in total. The molecule has 180 valence electrons. The molecule has 2 aromatic heterocycles. The van der Waals surface area contributed by atoms with Gasteiger partial charge in [-0.15, -0.1) is 11.3 Å².